The fourth-order valence-corrected chi connectivity index (χ4v) is 1.82. The Hall–Kier alpha value is -0.330. The number of piperazine rings is 1. The van der Waals surface area contributed by atoms with Crippen molar-refractivity contribution < 1.29 is 13.2 Å². The highest BCUT2D eigenvalue weighted by atomic mass is 19.4. The van der Waals surface area contributed by atoms with Crippen molar-refractivity contribution in [2.75, 3.05) is 52.4 Å². The van der Waals surface area contributed by atoms with E-state index in [-0.39, 0.29) is 0 Å². The smallest absolute Gasteiger partial charge is 0.314 e. The van der Waals surface area contributed by atoms with Crippen molar-refractivity contribution in [3.8, 4) is 0 Å². The summed E-state index contributed by atoms with van der Waals surface area (Å²) in [4.78, 5) is 3.65. The molecule has 96 valence electrons. The van der Waals surface area contributed by atoms with Gasteiger partial charge in [0.25, 0.3) is 0 Å². The minimum atomic E-state index is -4.08. The highest BCUT2D eigenvalue weighted by molar-refractivity contribution is 4.70. The zero-order valence-electron chi connectivity index (χ0n) is 9.69. The third kappa shape index (κ3) is 5.67. The van der Waals surface area contributed by atoms with Crippen LogP contribution < -0.4 is 5.32 Å². The summed E-state index contributed by atoms with van der Waals surface area (Å²) in [5.41, 5.74) is 0. The highest BCUT2D eigenvalue weighted by Crippen LogP contribution is 2.16. The number of rotatable bonds is 5. The van der Waals surface area contributed by atoms with Crippen LogP contribution in [0, 0.1) is 0 Å². The van der Waals surface area contributed by atoms with E-state index < -0.39 is 12.7 Å². The van der Waals surface area contributed by atoms with Crippen molar-refractivity contribution in [2.24, 2.45) is 0 Å². The second-order valence-corrected chi connectivity index (χ2v) is 4.08. The molecule has 6 heteroatoms. The number of nitrogens with one attached hydrogen (secondary N) is 1. The largest absolute Gasteiger partial charge is 0.401 e. The van der Waals surface area contributed by atoms with Crippen molar-refractivity contribution in [3.05, 3.63) is 0 Å². The van der Waals surface area contributed by atoms with Crippen LogP contribution in [0.5, 0.6) is 0 Å². The standard InChI is InChI=1S/C10H20F3N3/c1-2-15(9-10(11,12)13)7-8-16-5-3-14-4-6-16/h14H,2-9H2,1H3. The molecule has 0 spiro atoms. The highest BCUT2D eigenvalue weighted by Gasteiger charge is 2.30. The molecule has 1 saturated heterocycles. The Morgan fingerprint density at radius 3 is 2.38 bits per heavy atom. The third-order valence-electron chi connectivity index (χ3n) is 2.79. The van der Waals surface area contributed by atoms with Gasteiger partial charge in [0.2, 0.25) is 0 Å². The predicted molar refractivity (Wildman–Crippen MR) is 57.5 cm³/mol. The average Bonchev–Trinajstić information content (AvgIpc) is 2.24. The molecule has 1 aliphatic rings. The minimum absolute atomic E-state index is 0.450. The molecule has 0 unspecified atom stereocenters. The molecule has 16 heavy (non-hydrogen) atoms. The van der Waals surface area contributed by atoms with Crippen LogP contribution in [-0.2, 0) is 0 Å². The molecule has 0 aromatic rings. The van der Waals surface area contributed by atoms with Crippen LogP contribution in [0.2, 0.25) is 0 Å². The van der Waals surface area contributed by atoms with Crippen LogP contribution in [0.4, 0.5) is 13.2 Å². The summed E-state index contributed by atoms with van der Waals surface area (Å²) in [5, 5.41) is 3.22. The molecule has 1 fully saturated rings. The molecule has 0 aromatic heterocycles. The molecule has 0 aromatic carbocycles. The van der Waals surface area contributed by atoms with E-state index in [1.54, 1.807) is 6.92 Å². The molecule has 0 amide bonds. The molecular weight excluding hydrogens is 219 g/mol. The van der Waals surface area contributed by atoms with E-state index in [9.17, 15) is 13.2 Å². The van der Waals surface area contributed by atoms with Gasteiger partial charge in [-0.2, -0.15) is 13.2 Å². The van der Waals surface area contributed by atoms with Crippen LogP contribution in [0.3, 0.4) is 0 Å². The molecule has 0 saturated carbocycles. The van der Waals surface area contributed by atoms with E-state index in [2.05, 4.69) is 10.2 Å². The molecule has 3 nitrogen and oxygen atoms in total. The number of hydrogen-bond acceptors (Lipinski definition) is 3. The van der Waals surface area contributed by atoms with Gasteiger partial charge in [-0.1, -0.05) is 6.92 Å². The maximum Gasteiger partial charge on any atom is 0.401 e. The first-order chi connectivity index (χ1) is 7.51. The van der Waals surface area contributed by atoms with Crippen molar-refractivity contribution >= 4 is 0 Å². The zero-order chi connectivity index (χ0) is 12.0. The summed E-state index contributed by atoms with van der Waals surface area (Å²) in [6.45, 7) is 6.39. The lowest BCUT2D eigenvalue weighted by molar-refractivity contribution is -0.145. The summed E-state index contributed by atoms with van der Waals surface area (Å²) in [5.74, 6) is 0. The molecule has 1 aliphatic heterocycles. The zero-order valence-corrected chi connectivity index (χ0v) is 9.69. The van der Waals surface area contributed by atoms with Gasteiger partial charge >= 0.3 is 6.18 Å². The van der Waals surface area contributed by atoms with E-state index >= 15 is 0 Å². The molecule has 0 atom stereocenters. The van der Waals surface area contributed by atoms with Crippen LogP contribution in [0.25, 0.3) is 0 Å². The number of likely N-dealkylation sites (N-methyl/N-ethyl adjacent to an activating group) is 1. The summed E-state index contributed by atoms with van der Waals surface area (Å²) >= 11 is 0. The van der Waals surface area contributed by atoms with Gasteiger partial charge in [-0.25, -0.2) is 0 Å². The maximum absolute atomic E-state index is 12.2. The van der Waals surface area contributed by atoms with Crippen molar-refractivity contribution in [1.82, 2.24) is 15.1 Å². The second kappa shape index (κ2) is 6.42. The number of hydrogen-bond donors (Lipinski definition) is 1. The Balaban J connectivity index is 2.22. The summed E-state index contributed by atoms with van der Waals surface area (Å²) in [6.07, 6.45) is -4.08. The van der Waals surface area contributed by atoms with Crippen molar-refractivity contribution in [2.45, 2.75) is 13.1 Å². The number of halogens is 3. The average molecular weight is 239 g/mol. The molecule has 1 heterocycles. The first-order valence-electron chi connectivity index (χ1n) is 5.73. The third-order valence-corrected chi connectivity index (χ3v) is 2.79. The lowest BCUT2D eigenvalue weighted by Gasteiger charge is -2.30. The van der Waals surface area contributed by atoms with Gasteiger partial charge in [0, 0.05) is 39.3 Å². The summed E-state index contributed by atoms with van der Waals surface area (Å²) in [7, 11) is 0. The van der Waals surface area contributed by atoms with Crippen LogP contribution >= 0.6 is 0 Å². The molecule has 0 aliphatic carbocycles. The summed E-state index contributed by atoms with van der Waals surface area (Å²) in [6, 6.07) is 0. The Labute approximate surface area is 94.6 Å². The molecule has 1 N–H and O–H groups in total. The van der Waals surface area contributed by atoms with E-state index in [4.69, 9.17) is 0 Å². The lowest BCUT2D eigenvalue weighted by Crippen LogP contribution is -2.47. The fourth-order valence-electron chi connectivity index (χ4n) is 1.82. The normalized spacial score (nSPS) is 19.3. The van der Waals surface area contributed by atoms with Crippen LogP contribution in [-0.4, -0.2) is 68.3 Å². The van der Waals surface area contributed by atoms with E-state index in [1.807, 2.05) is 0 Å². The van der Waals surface area contributed by atoms with Crippen molar-refractivity contribution in [3.63, 3.8) is 0 Å². The van der Waals surface area contributed by atoms with Gasteiger partial charge in [-0.15, -0.1) is 0 Å². The Kier molecular flexibility index (Phi) is 5.51. The van der Waals surface area contributed by atoms with E-state index in [1.165, 1.54) is 4.90 Å². The van der Waals surface area contributed by atoms with Crippen LogP contribution in [0.1, 0.15) is 6.92 Å². The Morgan fingerprint density at radius 1 is 1.25 bits per heavy atom. The molecule has 1 rings (SSSR count). The van der Waals surface area contributed by atoms with Crippen LogP contribution in [0.15, 0.2) is 0 Å². The number of nitrogens with zero attached hydrogens (tertiary/aromatic N) is 2. The van der Waals surface area contributed by atoms with Gasteiger partial charge in [0.05, 0.1) is 6.54 Å². The van der Waals surface area contributed by atoms with Crippen molar-refractivity contribution in [1.29, 1.82) is 0 Å². The topological polar surface area (TPSA) is 18.5 Å². The van der Waals surface area contributed by atoms with Gasteiger partial charge in [-0.05, 0) is 6.54 Å². The second-order valence-electron chi connectivity index (χ2n) is 4.08. The monoisotopic (exact) mass is 239 g/mol. The molecule has 0 bridgehead atoms. The van der Waals surface area contributed by atoms with E-state index in [0.29, 0.717) is 13.1 Å². The van der Waals surface area contributed by atoms with Gasteiger partial charge in [0.15, 0.2) is 0 Å². The van der Waals surface area contributed by atoms with Gasteiger partial charge < -0.3 is 5.32 Å². The number of alkyl halides is 3. The van der Waals surface area contributed by atoms with Gasteiger partial charge in [0.1, 0.15) is 0 Å². The molecule has 0 radical (unpaired) electrons. The first-order valence-corrected chi connectivity index (χ1v) is 5.73. The fraction of sp³-hybridized carbons (Fsp3) is 1.00. The summed E-state index contributed by atoms with van der Waals surface area (Å²) < 4.78 is 36.6. The SMILES string of the molecule is CCN(CCN1CCNCC1)CC(F)(F)F. The lowest BCUT2D eigenvalue weighted by atomic mass is 10.3. The minimum Gasteiger partial charge on any atom is -0.314 e. The molecular formula is C10H20F3N3. The first kappa shape index (κ1) is 13.7. The Morgan fingerprint density at radius 2 is 1.88 bits per heavy atom. The maximum atomic E-state index is 12.2. The van der Waals surface area contributed by atoms with E-state index in [0.717, 1.165) is 32.7 Å². The van der Waals surface area contributed by atoms with Gasteiger partial charge in [-0.3, -0.25) is 9.80 Å². The predicted octanol–water partition coefficient (Wildman–Crippen LogP) is 0.776. The quantitative estimate of drug-likeness (QED) is 0.764. The Bertz CT molecular complexity index is 190.